The summed E-state index contributed by atoms with van der Waals surface area (Å²) in [5.74, 6) is -0.702. The second kappa shape index (κ2) is 7.83. The average molecular weight is 452 g/mol. The second-order valence-electron chi connectivity index (χ2n) is 9.35. The molecule has 2 saturated heterocycles. The monoisotopic (exact) mass is 451 g/mol. The van der Waals surface area contributed by atoms with Gasteiger partial charge in [-0.3, -0.25) is 14.9 Å². The first-order chi connectivity index (χ1) is 16.6. The molecule has 0 aromatic heterocycles. The Morgan fingerprint density at radius 2 is 1.50 bits per heavy atom. The molecule has 1 spiro atoms. The number of amides is 4. The maximum atomic E-state index is 14.2. The Bertz CT molecular complexity index is 1280. The van der Waals surface area contributed by atoms with Crippen molar-refractivity contribution in [1.82, 2.24) is 5.32 Å². The molecule has 6 rings (SSSR count). The van der Waals surface area contributed by atoms with E-state index in [4.69, 9.17) is 0 Å². The van der Waals surface area contributed by atoms with Crippen LogP contribution in [0.25, 0.3) is 0 Å². The number of hydrogen-bond acceptors (Lipinski definition) is 4. The maximum absolute atomic E-state index is 14.2. The van der Waals surface area contributed by atoms with E-state index in [1.165, 1.54) is 5.56 Å². The van der Waals surface area contributed by atoms with Gasteiger partial charge in [0.1, 0.15) is 0 Å². The van der Waals surface area contributed by atoms with Gasteiger partial charge in [0.05, 0.1) is 11.7 Å². The Kier molecular flexibility index (Phi) is 4.76. The van der Waals surface area contributed by atoms with Crippen LogP contribution in [0.5, 0.6) is 0 Å². The van der Waals surface area contributed by atoms with E-state index in [1.54, 1.807) is 24.3 Å². The third kappa shape index (κ3) is 2.98. The highest BCUT2D eigenvalue weighted by Gasteiger charge is 2.63. The zero-order chi connectivity index (χ0) is 23.3. The van der Waals surface area contributed by atoms with Crippen molar-refractivity contribution in [2.75, 3.05) is 16.3 Å². The number of nitrogens with one attached hydrogen (secondary N) is 1. The Morgan fingerprint density at radius 3 is 2.26 bits per heavy atom. The number of hydrogen-bond donors (Lipinski definition) is 1. The Balaban J connectivity index is 1.49. The number of anilines is 2. The fourth-order valence-corrected chi connectivity index (χ4v) is 6.02. The minimum Gasteiger partial charge on any atom is -0.367 e. The molecule has 3 aliphatic rings. The zero-order valence-corrected chi connectivity index (χ0v) is 18.7. The van der Waals surface area contributed by atoms with Gasteiger partial charge in [-0.05, 0) is 54.5 Å². The van der Waals surface area contributed by atoms with Crippen LogP contribution in [-0.2, 0) is 16.0 Å². The number of rotatable bonds is 2. The molecule has 0 aliphatic carbocycles. The van der Waals surface area contributed by atoms with Gasteiger partial charge >= 0.3 is 6.03 Å². The lowest BCUT2D eigenvalue weighted by Crippen LogP contribution is -2.73. The first-order valence-electron chi connectivity index (χ1n) is 11.7. The Morgan fingerprint density at radius 1 is 0.824 bits per heavy atom. The molecule has 4 amide bonds. The summed E-state index contributed by atoms with van der Waals surface area (Å²) in [5, 5.41) is 2.54. The van der Waals surface area contributed by atoms with Gasteiger partial charge in [0.15, 0.2) is 5.41 Å². The van der Waals surface area contributed by atoms with Crippen molar-refractivity contribution in [1.29, 1.82) is 0 Å². The third-order valence-electron chi connectivity index (χ3n) is 7.64. The quantitative estimate of drug-likeness (QED) is 0.591. The molecule has 3 atom stereocenters. The SMILES string of the molecule is O=C1NC(=O)[C@]2(Cc3ccccc3N3CC[C@H](c4ccccc4)C[C@@H]32)C(=O)N1c1ccccc1. The van der Waals surface area contributed by atoms with Gasteiger partial charge in [-0.25, -0.2) is 9.69 Å². The number of carbonyl (C=O) groups excluding carboxylic acids is 3. The summed E-state index contributed by atoms with van der Waals surface area (Å²) in [6, 6.07) is 26.1. The van der Waals surface area contributed by atoms with E-state index in [2.05, 4.69) is 28.4 Å². The largest absolute Gasteiger partial charge is 0.367 e. The van der Waals surface area contributed by atoms with Crippen LogP contribution in [0.4, 0.5) is 16.2 Å². The molecular weight excluding hydrogens is 426 g/mol. The lowest BCUT2D eigenvalue weighted by molar-refractivity contribution is -0.145. The number of para-hydroxylation sites is 2. The predicted octanol–water partition coefficient (Wildman–Crippen LogP) is 4.26. The number of urea groups is 1. The number of nitrogens with zero attached hydrogens (tertiary/aromatic N) is 2. The molecule has 2 fully saturated rings. The van der Waals surface area contributed by atoms with E-state index in [9.17, 15) is 14.4 Å². The molecule has 170 valence electrons. The van der Waals surface area contributed by atoms with Crippen LogP contribution >= 0.6 is 0 Å². The van der Waals surface area contributed by atoms with Gasteiger partial charge in [-0.2, -0.15) is 0 Å². The van der Waals surface area contributed by atoms with Crippen molar-refractivity contribution in [3.8, 4) is 0 Å². The molecule has 3 aromatic carbocycles. The number of barbiturate groups is 1. The van der Waals surface area contributed by atoms with E-state index < -0.39 is 23.3 Å². The predicted molar refractivity (Wildman–Crippen MR) is 130 cm³/mol. The lowest BCUT2D eigenvalue weighted by Gasteiger charge is -2.55. The summed E-state index contributed by atoms with van der Waals surface area (Å²) >= 11 is 0. The molecule has 0 unspecified atom stereocenters. The minimum atomic E-state index is -1.38. The van der Waals surface area contributed by atoms with Gasteiger partial charge in [0.25, 0.3) is 5.91 Å². The van der Waals surface area contributed by atoms with Gasteiger partial charge in [-0.15, -0.1) is 0 Å². The van der Waals surface area contributed by atoms with Crippen LogP contribution in [0, 0.1) is 5.41 Å². The van der Waals surface area contributed by atoms with Crippen LogP contribution in [0.2, 0.25) is 0 Å². The molecule has 0 radical (unpaired) electrons. The Hall–Kier alpha value is -3.93. The zero-order valence-electron chi connectivity index (χ0n) is 18.7. The summed E-state index contributed by atoms with van der Waals surface area (Å²) < 4.78 is 0. The molecule has 34 heavy (non-hydrogen) atoms. The summed E-state index contributed by atoms with van der Waals surface area (Å²) in [7, 11) is 0. The van der Waals surface area contributed by atoms with Gasteiger partial charge in [0.2, 0.25) is 5.91 Å². The molecule has 6 heteroatoms. The number of piperidine rings is 1. The number of carbonyl (C=O) groups is 3. The standard InChI is InChI=1S/C28H25N3O3/c32-25-28(26(33)31(27(34)29-25)22-12-5-2-6-13-22)18-21-11-7-8-14-23(21)30-16-15-20(17-24(28)30)19-9-3-1-4-10-19/h1-14,20,24H,15-18H2,(H,29,32,34)/t20-,24+,28+/m0/s1. The van der Waals surface area contributed by atoms with Gasteiger partial charge in [0, 0.05) is 12.2 Å². The van der Waals surface area contributed by atoms with E-state index in [0.717, 1.165) is 29.1 Å². The highest BCUT2D eigenvalue weighted by molar-refractivity contribution is 6.30. The molecule has 3 aliphatic heterocycles. The van der Waals surface area contributed by atoms with E-state index in [1.807, 2.05) is 42.5 Å². The molecule has 3 aromatic rings. The third-order valence-corrected chi connectivity index (χ3v) is 7.64. The van der Waals surface area contributed by atoms with E-state index >= 15 is 0 Å². The fourth-order valence-electron chi connectivity index (χ4n) is 6.02. The Labute approximate surface area is 198 Å². The van der Waals surface area contributed by atoms with Crippen molar-refractivity contribution in [2.45, 2.75) is 31.2 Å². The maximum Gasteiger partial charge on any atom is 0.335 e. The van der Waals surface area contributed by atoms with Crippen molar-refractivity contribution >= 4 is 29.2 Å². The smallest absolute Gasteiger partial charge is 0.335 e. The van der Waals surface area contributed by atoms with Gasteiger partial charge < -0.3 is 4.90 Å². The van der Waals surface area contributed by atoms with Crippen LogP contribution in [0.1, 0.15) is 29.9 Å². The number of benzene rings is 3. The number of fused-ring (bicyclic) bond motifs is 4. The summed E-state index contributed by atoms with van der Waals surface area (Å²) in [6.07, 6.45) is 1.86. The molecule has 6 nitrogen and oxygen atoms in total. The number of imide groups is 2. The average Bonchev–Trinajstić information content (AvgIpc) is 2.88. The van der Waals surface area contributed by atoms with Crippen LogP contribution < -0.4 is 15.1 Å². The molecule has 3 heterocycles. The molecule has 0 bridgehead atoms. The van der Waals surface area contributed by atoms with Crippen LogP contribution in [0.15, 0.2) is 84.9 Å². The molecule has 0 saturated carbocycles. The highest BCUT2D eigenvalue weighted by Crippen LogP contribution is 2.50. The molecule has 1 N–H and O–H groups in total. The minimum absolute atomic E-state index is 0.230. The first-order valence-corrected chi connectivity index (χ1v) is 11.7. The van der Waals surface area contributed by atoms with Crippen LogP contribution in [-0.4, -0.2) is 30.4 Å². The van der Waals surface area contributed by atoms with Crippen molar-refractivity contribution in [3.63, 3.8) is 0 Å². The first kappa shape index (κ1) is 20.7. The van der Waals surface area contributed by atoms with Crippen molar-refractivity contribution < 1.29 is 14.4 Å². The lowest BCUT2D eigenvalue weighted by atomic mass is 9.64. The van der Waals surface area contributed by atoms with E-state index in [0.29, 0.717) is 12.1 Å². The summed E-state index contributed by atoms with van der Waals surface area (Å²) in [6.45, 7) is 0.739. The molecular formula is C28H25N3O3. The van der Waals surface area contributed by atoms with Crippen LogP contribution in [0.3, 0.4) is 0 Å². The highest BCUT2D eigenvalue weighted by atomic mass is 16.2. The van der Waals surface area contributed by atoms with Crippen molar-refractivity contribution in [3.05, 3.63) is 96.1 Å². The van der Waals surface area contributed by atoms with Gasteiger partial charge in [-0.1, -0.05) is 66.7 Å². The fraction of sp³-hybridized carbons (Fsp3) is 0.250. The summed E-state index contributed by atoms with van der Waals surface area (Å²) in [4.78, 5) is 44.2. The summed E-state index contributed by atoms with van der Waals surface area (Å²) in [5.41, 5.74) is 2.34. The topological polar surface area (TPSA) is 69.7 Å². The van der Waals surface area contributed by atoms with Crippen molar-refractivity contribution in [2.24, 2.45) is 5.41 Å². The second-order valence-corrected chi connectivity index (χ2v) is 9.35. The van der Waals surface area contributed by atoms with E-state index in [-0.39, 0.29) is 18.4 Å². The normalized spacial score (nSPS) is 26.2.